The van der Waals surface area contributed by atoms with E-state index in [4.69, 9.17) is 14.2 Å². The molecule has 2 aromatic carbocycles. The van der Waals surface area contributed by atoms with Gasteiger partial charge in [-0.05, 0) is 69.2 Å². The Kier molecular flexibility index (Phi) is 6.40. The third-order valence-electron chi connectivity index (χ3n) is 4.75. The van der Waals surface area contributed by atoms with Crippen LogP contribution in [0.5, 0.6) is 11.5 Å². The van der Waals surface area contributed by atoms with E-state index in [1.807, 2.05) is 44.2 Å². The van der Waals surface area contributed by atoms with Gasteiger partial charge in [0.25, 0.3) is 0 Å². The second kappa shape index (κ2) is 8.98. The highest BCUT2D eigenvalue weighted by molar-refractivity contribution is 5.95. The molecule has 30 heavy (non-hydrogen) atoms. The van der Waals surface area contributed by atoms with Gasteiger partial charge in [-0.2, -0.15) is 0 Å². The Morgan fingerprint density at radius 1 is 1.00 bits per heavy atom. The van der Waals surface area contributed by atoms with Gasteiger partial charge in [-0.15, -0.1) is 0 Å². The summed E-state index contributed by atoms with van der Waals surface area (Å²) in [6.07, 6.45) is -0.263. The van der Waals surface area contributed by atoms with Crippen LogP contribution < -0.4 is 14.8 Å². The molecule has 3 aromatic rings. The molecule has 3 rings (SSSR count). The molecule has 1 heterocycles. The quantitative estimate of drug-likeness (QED) is 0.578. The molecule has 0 fully saturated rings. The van der Waals surface area contributed by atoms with E-state index in [1.54, 1.807) is 28.1 Å². The zero-order valence-electron chi connectivity index (χ0n) is 18.2. The van der Waals surface area contributed by atoms with Crippen LogP contribution in [0, 0.1) is 13.8 Å². The topological polar surface area (TPSA) is 82.6 Å². The van der Waals surface area contributed by atoms with Gasteiger partial charge in [-0.25, -0.2) is 14.8 Å². The summed E-state index contributed by atoms with van der Waals surface area (Å²) in [7, 11) is 3.22. The average Bonchev–Trinajstić information content (AvgIpc) is 2.71. The van der Waals surface area contributed by atoms with Crippen molar-refractivity contribution in [3.8, 4) is 11.5 Å². The van der Waals surface area contributed by atoms with Gasteiger partial charge >= 0.3 is 5.97 Å². The maximum atomic E-state index is 12.7. The third kappa shape index (κ3) is 4.62. The average molecular weight is 409 g/mol. The lowest BCUT2D eigenvalue weighted by Gasteiger charge is -2.15. The lowest BCUT2D eigenvalue weighted by molar-refractivity contribution is 0.0372. The number of rotatable bonds is 7. The Morgan fingerprint density at radius 2 is 1.67 bits per heavy atom. The van der Waals surface area contributed by atoms with Crippen LogP contribution in [0.3, 0.4) is 0 Å². The van der Waals surface area contributed by atoms with Crippen LogP contribution in [0.1, 0.15) is 41.0 Å². The molecule has 1 aromatic heterocycles. The minimum Gasteiger partial charge on any atom is -0.497 e. The summed E-state index contributed by atoms with van der Waals surface area (Å²) in [6, 6.07) is 9.43. The molecule has 0 saturated carbocycles. The molecule has 7 nitrogen and oxygen atoms in total. The maximum absolute atomic E-state index is 12.7. The number of esters is 1. The van der Waals surface area contributed by atoms with Gasteiger partial charge in [0.2, 0.25) is 0 Å². The molecule has 0 saturated heterocycles. The number of methoxy groups -OCH3 is 2. The van der Waals surface area contributed by atoms with Gasteiger partial charge < -0.3 is 19.5 Å². The number of benzene rings is 2. The summed E-state index contributed by atoms with van der Waals surface area (Å²) < 4.78 is 16.1. The molecular formula is C23H27N3O4. The van der Waals surface area contributed by atoms with Crippen molar-refractivity contribution < 1.29 is 19.0 Å². The first-order chi connectivity index (χ1) is 14.3. The second-order valence-electron chi connectivity index (χ2n) is 7.33. The van der Waals surface area contributed by atoms with Crippen LogP contribution in [0.25, 0.3) is 11.0 Å². The molecule has 0 bridgehead atoms. The maximum Gasteiger partial charge on any atom is 0.361 e. The molecule has 0 unspecified atom stereocenters. The molecule has 0 atom stereocenters. The van der Waals surface area contributed by atoms with Crippen LogP contribution in [-0.4, -0.2) is 36.3 Å². The van der Waals surface area contributed by atoms with Crippen molar-refractivity contribution in [2.45, 2.75) is 40.3 Å². The molecule has 0 aliphatic carbocycles. The van der Waals surface area contributed by atoms with E-state index in [0.29, 0.717) is 34.9 Å². The number of hydrogen-bond acceptors (Lipinski definition) is 7. The van der Waals surface area contributed by atoms with Crippen molar-refractivity contribution in [2.24, 2.45) is 0 Å². The number of ether oxygens (including phenoxy) is 3. The van der Waals surface area contributed by atoms with Gasteiger partial charge in [0.05, 0.1) is 31.4 Å². The largest absolute Gasteiger partial charge is 0.497 e. The Hall–Kier alpha value is -3.35. The van der Waals surface area contributed by atoms with Gasteiger partial charge in [-0.3, -0.25) is 0 Å². The molecule has 7 heteroatoms. The molecule has 0 spiro atoms. The molecule has 0 amide bonds. The van der Waals surface area contributed by atoms with E-state index in [0.717, 1.165) is 16.7 Å². The summed E-state index contributed by atoms with van der Waals surface area (Å²) in [5, 5.41) is 3.23. The van der Waals surface area contributed by atoms with Crippen molar-refractivity contribution in [2.75, 3.05) is 19.5 Å². The van der Waals surface area contributed by atoms with E-state index < -0.39 is 5.97 Å². The van der Waals surface area contributed by atoms with Crippen LogP contribution in [0.15, 0.2) is 30.3 Å². The van der Waals surface area contributed by atoms with E-state index >= 15 is 0 Å². The summed E-state index contributed by atoms with van der Waals surface area (Å²) >= 11 is 0. The van der Waals surface area contributed by atoms with Crippen molar-refractivity contribution in [3.05, 3.63) is 52.7 Å². The number of carbonyl (C=O) groups excluding carboxylic acids is 1. The number of nitrogens with one attached hydrogen (secondary N) is 1. The van der Waals surface area contributed by atoms with Gasteiger partial charge in [0, 0.05) is 12.1 Å². The molecule has 1 N–H and O–H groups in total. The first-order valence-corrected chi connectivity index (χ1v) is 9.77. The van der Waals surface area contributed by atoms with E-state index in [2.05, 4.69) is 15.3 Å². The molecule has 0 radical (unpaired) electrons. The standard InChI is InChI=1S/C23H27N3O4/c1-13(2)30-23(27)21-22(26-19-10-15(4)14(3)9-18(19)25-21)24-12-16-11-17(28-5)7-8-20(16)29-6/h7-11,13H,12H2,1-6H3,(H,24,26). The minimum absolute atomic E-state index is 0.154. The summed E-state index contributed by atoms with van der Waals surface area (Å²) in [4.78, 5) is 21.9. The summed E-state index contributed by atoms with van der Waals surface area (Å²) in [5.41, 5.74) is 4.57. The highest BCUT2D eigenvalue weighted by Gasteiger charge is 2.20. The predicted octanol–water partition coefficient (Wildman–Crippen LogP) is 4.44. The fourth-order valence-electron chi connectivity index (χ4n) is 3.05. The normalized spacial score (nSPS) is 10.9. The van der Waals surface area contributed by atoms with E-state index in [1.165, 1.54) is 0 Å². The number of hydrogen-bond donors (Lipinski definition) is 1. The van der Waals surface area contributed by atoms with Gasteiger partial charge in [-0.1, -0.05) is 0 Å². The molecule has 0 aliphatic rings. The number of aromatic nitrogens is 2. The number of fused-ring (bicyclic) bond motifs is 1. The third-order valence-corrected chi connectivity index (χ3v) is 4.75. The fraction of sp³-hybridized carbons (Fsp3) is 0.348. The molecular weight excluding hydrogens is 382 g/mol. The second-order valence-corrected chi connectivity index (χ2v) is 7.33. The summed E-state index contributed by atoms with van der Waals surface area (Å²) in [5.74, 6) is 1.26. The Balaban J connectivity index is 2.02. The van der Waals surface area contributed by atoms with Crippen LogP contribution in [-0.2, 0) is 11.3 Å². The van der Waals surface area contributed by atoms with Crippen molar-refractivity contribution >= 4 is 22.8 Å². The smallest absolute Gasteiger partial charge is 0.361 e. The number of aryl methyl sites for hydroxylation is 2. The van der Waals surface area contributed by atoms with Crippen LogP contribution in [0.4, 0.5) is 5.82 Å². The lowest BCUT2D eigenvalue weighted by atomic mass is 10.1. The van der Waals surface area contributed by atoms with Gasteiger partial charge in [0.15, 0.2) is 11.5 Å². The van der Waals surface area contributed by atoms with Crippen LogP contribution >= 0.6 is 0 Å². The zero-order valence-corrected chi connectivity index (χ0v) is 18.2. The molecule has 158 valence electrons. The minimum atomic E-state index is -0.516. The summed E-state index contributed by atoms with van der Waals surface area (Å²) in [6.45, 7) is 7.99. The molecule has 0 aliphatic heterocycles. The SMILES string of the molecule is COc1ccc(OC)c(CNc2nc3cc(C)c(C)cc3nc2C(=O)OC(C)C)c1. The Bertz CT molecular complexity index is 1080. The van der Waals surface area contributed by atoms with Crippen LogP contribution in [0.2, 0.25) is 0 Å². The Morgan fingerprint density at radius 3 is 2.27 bits per heavy atom. The lowest BCUT2D eigenvalue weighted by Crippen LogP contribution is -2.17. The number of nitrogens with zero attached hydrogens (tertiary/aromatic N) is 2. The first kappa shape index (κ1) is 21.4. The Labute approximate surface area is 176 Å². The van der Waals surface area contributed by atoms with E-state index in [9.17, 15) is 4.79 Å². The highest BCUT2D eigenvalue weighted by atomic mass is 16.5. The number of anilines is 1. The monoisotopic (exact) mass is 409 g/mol. The number of carbonyl (C=O) groups is 1. The zero-order chi connectivity index (χ0) is 21.8. The van der Waals surface area contributed by atoms with E-state index in [-0.39, 0.29) is 11.8 Å². The van der Waals surface area contributed by atoms with Crippen molar-refractivity contribution in [1.29, 1.82) is 0 Å². The van der Waals surface area contributed by atoms with Crippen molar-refractivity contribution in [3.63, 3.8) is 0 Å². The van der Waals surface area contributed by atoms with Crippen molar-refractivity contribution in [1.82, 2.24) is 9.97 Å². The first-order valence-electron chi connectivity index (χ1n) is 9.77. The van der Waals surface area contributed by atoms with Gasteiger partial charge in [0.1, 0.15) is 11.5 Å². The highest BCUT2D eigenvalue weighted by Crippen LogP contribution is 2.26. The fourth-order valence-corrected chi connectivity index (χ4v) is 3.05. The predicted molar refractivity (Wildman–Crippen MR) is 116 cm³/mol.